The van der Waals surface area contributed by atoms with E-state index in [1.54, 1.807) is 0 Å². The molecule has 0 saturated heterocycles. The lowest BCUT2D eigenvalue weighted by Crippen LogP contribution is -2.06. The van der Waals surface area contributed by atoms with Crippen molar-refractivity contribution in [2.24, 2.45) is 0 Å². The highest BCUT2D eigenvalue weighted by molar-refractivity contribution is 9.10. The van der Waals surface area contributed by atoms with Gasteiger partial charge in [0.05, 0.1) is 23.1 Å². The third-order valence-electron chi connectivity index (χ3n) is 2.38. The largest absolute Gasteiger partial charge is 0.416 e. The van der Waals surface area contributed by atoms with Gasteiger partial charge in [-0.1, -0.05) is 21.1 Å². The maximum atomic E-state index is 12.7. The normalized spacial score (nSPS) is 11.8. The summed E-state index contributed by atoms with van der Waals surface area (Å²) in [6.45, 7) is -0.0923. The standard InChI is InChI=1S/C11H9BrF3N3O/c12-8-3-7(11(13,14)15)4-10(5-8)18-6-9(1-2-19)16-17-18/h3-6,19H,1-2H2. The molecular formula is C11H9BrF3N3O. The van der Waals surface area contributed by atoms with Crippen LogP contribution >= 0.6 is 15.9 Å². The first-order valence-corrected chi connectivity index (χ1v) is 6.09. The fraction of sp³-hybridized carbons (Fsp3) is 0.273. The predicted molar refractivity (Wildman–Crippen MR) is 64.9 cm³/mol. The number of aliphatic hydroxyl groups excluding tert-OH is 1. The smallest absolute Gasteiger partial charge is 0.396 e. The molecule has 0 aliphatic carbocycles. The molecule has 0 atom stereocenters. The van der Waals surface area contributed by atoms with E-state index in [0.29, 0.717) is 16.6 Å². The van der Waals surface area contributed by atoms with E-state index < -0.39 is 11.7 Å². The summed E-state index contributed by atoms with van der Waals surface area (Å²) in [5.41, 5.74) is -0.00879. The van der Waals surface area contributed by atoms with Gasteiger partial charge in [0.15, 0.2) is 0 Å². The Morgan fingerprint density at radius 2 is 2.00 bits per heavy atom. The molecule has 2 aromatic rings. The van der Waals surface area contributed by atoms with E-state index in [0.717, 1.165) is 12.1 Å². The van der Waals surface area contributed by atoms with Gasteiger partial charge in [0.2, 0.25) is 0 Å². The molecule has 0 saturated carbocycles. The van der Waals surface area contributed by atoms with E-state index in [9.17, 15) is 13.2 Å². The van der Waals surface area contributed by atoms with E-state index in [-0.39, 0.29) is 12.3 Å². The SMILES string of the molecule is OCCc1cn(-c2cc(Br)cc(C(F)(F)F)c2)nn1. The van der Waals surface area contributed by atoms with Crippen LogP contribution in [0.25, 0.3) is 5.69 Å². The lowest BCUT2D eigenvalue weighted by atomic mass is 10.2. The molecule has 1 heterocycles. The highest BCUT2D eigenvalue weighted by atomic mass is 79.9. The van der Waals surface area contributed by atoms with Crippen LogP contribution in [0.5, 0.6) is 0 Å². The first kappa shape index (κ1) is 14.0. The molecule has 4 nitrogen and oxygen atoms in total. The fourth-order valence-electron chi connectivity index (χ4n) is 1.52. The van der Waals surface area contributed by atoms with Gasteiger partial charge in [0, 0.05) is 17.5 Å². The number of nitrogens with zero attached hydrogens (tertiary/aromatic N) is 3. The van der Waals surface area contributed by atoms with Gasteiger partial charge in [-0.2, -0.15) is 13.2 Å². The van der Waals surface area contributed by atoms with Gasteiger partial charge in [0.25, 0.3) is 0 Å². The van der Waals surface area contributed by atoms with E-state index in [1.807, 2.05) is 0 Å². The van der Waals surface area contributed by atoms with Crippen molar-refractivity contribution < 1.29 is 18.3 Å². The van der Waals surface area contributed by atoms with Gasteiger partial charge < -0.3 is 5.11 Å². The Balaban J connectivity index is 2.41. The third kappa shape index (κ3) is 3.32. The molecule has 0 amide bonds. The molecule has 1 aromatic heterocycles. The predicted octanol–water partition coefficient (Wildman–Crippen LogP) is 2.58. The zero-order valence-corrected chi connectivity index (χ0v) is 11.1. The molecule has 0 unspecified atom stereocenters. The molecule has 0 aliphatic rings. The number of halogens is 4. The van der Waals surface area contributed by atoms with Crippen LogP contribution < -0.4 is 0 Å². The molecule has 0 radical (unpaired) electrons. The number of hydrogen-bond donors (Lipinski definition) is 1. The number of aromatic nitrogens is 3. The van der Waals surface area contributed by atoms with Crippen molar-refractivity contribution in [3.63, 3.8) is 0 Å². The average molecular weight is 336 g/mol. The van der Waals surface area contributed by atoms with E-state index in [2.05, 4.69) is 26.2 Å². The summed E-state index contributed by atoms with van der Waals surface area (Å²) >= 11 is 3.04. The molecule has 1 N–H and O–H groups in total. The average Bonchev–Trinajstić information content (AvgIpc) is 2.76. The molecule has 8 heteroatoms. The molecule has 0 bridgehead atoms. The Bertz CT molecular complexity index is 583. The van der Waals surface area contributed by atoms with Crippen molar-refractivity contribution in [2.75, 3.05) is 6.61 Å². The summed E-state index contributed by atoms with van der Waals surface area (Å²) in [5, 5.41) is 16.3. The highest BCUT2D eigenvalue weighted by Crippen LogP contribution is 2.32. The Labute approximate surface area is 115 Å². The zero-order valence-electron chi connectivity index (χ0n) is 9.52. The zero-order chi connectivity index (χ0) is 14.0. The van der Waals surface area contributed by atoms with Gasteiger partial charge >= 0.3 is 6.18 Å². The molecule has 1 aromatic carbocycles. The number of rotatable bonds is 3. The minimum atomic E-state index is -4.42. The Morgan fingerprint density at radius 1 is 1.26 bits per heavy atom. The van der Waals surface area contributed by atoms with Crippen LogP contribution in [-0.2, 0) is 12.6 Å². The quantitative estimate of drug-likeness (QED) is 0.937. The Morgan fingerprint density at radius 3 is 2.63 bits per heavy atom. The monoisotopic (exact) mass is 335 g/mol. The van der Waals surface area contributed by atoms with Crippen LogP contribution in [0.4, 0.5) is 13.2 Å². The molecule has 102 valence electrons. The molecular weight excluding hydrogens is 327 g/mol. The third-order valence-corrected chi connectivity index (χ3v) is 2.84. The maximum Gasteiger partial charge on any atom is 0.416 e. The van der Waals surface area contributed by atoms with Crippen molar-refractivity contribution in [1.29, 1.82) is 0 Å². The number of hydrogen-bond acceptors (Lipinski definition) is 3. The Hall–Kier alpha value is -1.41. The second-order valence-electron chi connectivity index (χ2n) is 3.82. The number of benzene rings is 1. The summed E-state index contributed by atoms with van der Waals surface area (Å²) in [4.78, 5) is 0. The van der Waals surface area contributed by atoms with Crippen LogP contribution in [0.15, 0.2) is 28.9 Å². The van der Waals surface area contributed by atoms with Crippen LogP contribution in [-0.4, -0.2) is 26.7 Å². The van der Waals surface area contributed by atoms with Gasteiger partial charge in [-0.3, -0.25) is 0 Å². The molecule has 19 heavy (non-hydrogen) atoms. The second kappa shape index (κ2) is 5.30. The molecule has 0 fully saturated rings. The minimum absolute atomic E-state index is 0.0923. The van der Waals surface area contributed by atoms with Crippen molar-refractivity contribution in [3.8, 4) is 5.69 Å². The van der Waals surface area contributed by atoms with Crippen molar-refractivity contribution in [1.82, 2.24) is 15.0 Å². The maximum absolute atomic E-state index is 12.7. The van der Waals surface area contributed by atoms with Crippen LogP contribution in [0.3, 0.4) is 0 Å². The fourth-order valence-corrected chi connectivity index (χ4v) is 2.00. The van der Waals surface area contributed by atoms with Gasteiger partial charge in [0.1, 0.15) is 0 Å². The van der Waals surface area contributed by atoms with Crippen LogP contribution in [0, 0.1) is 0 Å². The first-order chi connectivity index (χ1) is 8.90. The van der Waals surface area contributed by atoms with Crippen LogP contribution in [0.1, 0.15) is 11.3 Å². The molecule has 0 aliphatic heterocycles. The highest BCUT2D eigenvalue weighted by Gasteiger charge is 2.31. The van der Waals surface area contributed by atoms with Crippen molar-refractivity contribution >= 4 is 15.9 Å². The second-order valence-corrected chi connectivity index (χ2v) is 4.74. The lowest BCUT2D eigenvalue weighted by molar-refractivity contribution is -0.137. The Kier molecular flexibility index (Phi) is 3.91. The van der Waals surface area contributed by atoms with E-state index in [1.165, 1.54) is 16.9 Å². The first-order valence-electron chi connectivity index (χ1n) is 5.30. The van der Waals surface area contributed by atoms with Crippen LogP contribution in [0.2, 0.25) is 0 Å². The topological polar surface area (TPSA) is 50.9 Å². The molecule has 2 rings (SSSR count). The van der Waals surface area contributed by atoms with E-state index in [4.69, 9.17) is 5.11 Å². The minimum Gasteiger partial charge on any atom is -0.396 e. The summed E-state index contributed by atoms with van der Waals surface area (Å²) in [7, 11) is 0. The van der Waals surface area contributed by atoms with E-state index >= 15 is 0 Å². The number of alkyl halides is 3. The van der Waals surface area contributed by atoms with Gasteiger partial charge in [-0.05, 0) is 18.2 Å². The van der Waals surface area contributed by atoms with Gasteiger partial charge in [-0.15, -0.1) is 5.10 Å². The summed E-state index contributed by atoms with van der Waals surface area (Å²) in [5.74, 6) is 0. The van der Waals surface area contributed by atoms with Crippen molar-refractivity contribution in [2.45, 2.75) is 12.6 Å². The lowest BCUT2D eigenvalue weighted by Gasteiger charge is -2.09. The summed E-state index contributed by atoms with van der Waals surface area (Å²) in [6.07, 6.45) is -2.63. The summed E-state index contributed by atoms with van der Waals surface area (Å²) in [6, 6.07) is 3.49. The number of aliphatic hydroxyl groups is 1. The molecule has 0 spiro atoms. The van der Waals surface area contributed by atoms with Crippen molar-refractivity contribution in [3.05, 3.63) is 40.1 Å². The van der Waals surface area contributed by atoms with Gasteiger partial charge in [-0.25, -0.2) is 4.68 Å². The summed E-state index contributed by atoms with van der Waals surface area (Å²) < 4.78 is 39.6.